The van der Waals surface area contributed by atoms with Gasteiger partial charge in [-0.05, 0) is 11.5 Å². The van der Waals surface area contributed by atoms with Crippen LogP contribution < -0.4 is 4.74 Å². The van der Waals surface area contributed by atoms with Crippen LogP contribution in [0.4, 0.5) is 0 Å². The van der Waals surface area contributed by atoms with Crippen molar-refractivity contribution in [3.05, 3.63) is 85.3 Å². The molecule has 0 fully saturated rings. The summed E-state index contributed by atoms with van der Waals surface area (Å²) < 4.78 is 7.03. The van der Waals surface area contributed by atoms with Crippen LogP contribution in [0.5, 0.6) is 5.75 Å². The minimum absolute atomic E-state index is 0.369. The molecule has 0 spiro atoms. The molecule has 0 saturated heterocycles. The van der Waals surface area contributed by atoms with Crippen molar-refractivity contribution in [2.24, 2.45) is 0 Å². The normalized spacial score (nSPS) is 12.9. The van der Waals surface area contributed by atoms with Crippen molar-refractivity contribution in [3.8, 4) is 5.75 Å². The van der Waals surface area contributed by atoms with Crippen molar-refractivity contribution >= 4 is 10.8 Å². The van der Waals surface area contributed by atoms with Crippen molar-refractivity contribution < 1.29 is 9.22 Å². The quantitative estimate of drug-likeness (QED) is 0.536. The van der Waals surface area contributed by atoms with Gasteiger partial charge in [0.25, 0.3) is 0 Å². The molecule has 0 aliphatic heterocycles. The van der Waals surface area contributed by atoms with Gasteiger partial charge in [0, 0.05) is 24.3 Å². The summed E-state index contributed by atoms with van der Waals surface area (Å²) in [5.74, 6) is 0.963. The van der Waals surface area contributed by atoms with Crippen molar-refractivity contribution in [1.29, 1.82) is 0 Å². The molecule has 0 N–H and O–H groups in total. The fraction of sp³-hybridized carbons (Fsp3) is 0.261. The second kappa shape index (κ2) is 7.71. The van der Waals surface area contributed by atoms with E-state index in [4.69, 9.17) is 4.74 Å². The zero-order valence-electron chi connectivity index (χ0n) is 15.2. The number of nitrogens with zero attached hydrogens (tertiary/aromatic N) is 1. The van der Waals surface area contributed by atoms with Crippen molar-refractivity contribution in [2.75, 3.05) is 27.2 Å². The van der Waals surface area contributed by atoms with Crippen molar-refractivity contribution in [1.82, 2.24) is 0 Å². The molecule has 2 heteroatoms. The average molecular weight is 333 g/mol. The number of hydrogen-bond donors (Lipinski definition) is 0. The third kappa shape index (κ3) is 4.02. The molecule has 3 aromatic rings. The molecule has 0 bridgehead atoms. The molecule has 0 aliphatic carbocycles. The molecule has 0 heterocycles. The predicted molar refractivity (Wildman–Crippen MR) is 106 cm³/mol. The molecule has 1 atom stereocenters. The maximum Gasteiger partial charge on any atom is 0.127 e. The van der Waals surface area contributed by atoms with E-state index in [-0.39, 0.29) is 0 Å². The number of rotatable bonds is 7. The van der Waals surface area contributed by atoms with Crippen LogP contribution >= 0.6 is 0 Å². The highest BCUT2D eigenvalue weighted by Crippen LogP contribution is 2.30. The van der Waals surface area contributed by atoms with E-state index in [9.17, 15) is 0 Å². The molecule has 2 nitrogen and oxygen atoms in total. The molecule has 25 heavy (non-hydrogen) atoms. The average Bonchev–Trinajstić information content (AvgIpc) is 2.66. The first-order valence-electron chi connectivity index (χ1n) is 8.89. The predicted octanol–water partition coefficient (Wildman–Crippen LogP) is 5.26. The van der Waals surface area contributed by atoms with Crippen LogP contribution in [0.25, 0.3) is 10.8 Å². The van der Waals surface area contributed by atoms with Crippen LogP contribution in [0, 0.1) is 6.92 Å². The SMILES string of the molecule is [CH2]C[N+](C)(C)C(CCOc1cccc2ccccc12)c1ccccc1. The lowest BCUT2D eigenvalue weighted by atomic mass is 10.0. The van der Waals surface area contributed by atoms with Gasteiger partial charge in [0.1, 0.15) is 11.8 Å². The monoisotopic (exact) mass is 333 g/mol. The Morgan fingerprint density at radius 3 is 2.32 bits per heavy atom. The van der Waals surface area contributed by atoms with E-state index in [1.807, 2.05) is 0 Å². The number of fused-ring (bicyclic) bond motifs is 1. The summed E-state index contributed by atoms with van der Waals surface area (Å²) in [7, 11) is 4.48. The first-order valence-corrected chi connectivity index (χ1v) is 8.89. The highest BCUT2D eigenvalue weighted by atomic mass is 16.5. The van der Waals surface area contributed by atoms with Gasteiger partial charge in [-0.3, -0.25) is 0 Å². The molecule has 0 aliphatic rings. The van der Waals surface area contributed by atoms with E-state index in [1.54, 1.807) is 0 Å². The highest BCUT2D eigenvalue weighted by Gasteiger charge is 2.28. The summed E-state index contributed by atoms with van der Waals surface area (Å²) in [6.45, 7) is 5.67. The van der Waals surface area contributed by atoms with Gasteiger partial charge in [-0.25, -0.2) is 0 Å². The van der Waals surface area contributed by atoms with E-state index in [1.165, 1.54) is 16.3 Å². The topological polar surface area (TPSA) is 9.23 Å². The molecular formula is C23H27NO+. The van der Waals surface area contributed by atoms with Crippen molar-refractivity contribution in [2.45, 2.75) is 12.5 Å². The number of quaternary nitrogens is 1. The van der Waals surface area contributed by atoms with Gasteiger partial charge in [-0.2, -0.15) is 0 Å². The smallest absolute Gasteiger partial charge is 0.127 e. The van der Waals surface area contributed by atoms with Gasteiger partial charge < -0.3 is 9.22 Å². The Hall–Kier alpha value is -2.32. The molecule has 129 valence electrons. The Morgan fingerprint density at radius 2 is 1.56 bits per heavy atom. The first kappa shape index (κ1) is 17.5. The summed E-state index contributed by atoms with van der Waals surface area (Å²) in [4.78, 5) is 0. The summed E-state index contributed by atoms with van der Waals surface area (Å²) in [5.41, 5.74) is 1.35. The summed E-state index contributed by atoms with van der Waals surface area (Å²) in [6.07, 6.45) is 0.954. The fourth-order valence-electron chi connectivity index (χ4n) is 3.35. The summed E-state index contributed by atoms with van der Waals surface area (Å²) >= 11 is 0. The van der Waals surface area contributed by atoms with E-state index in [0.29, 0.717) is 12.6 Å². The zero-order valence-corrected chi connectivity index (χ0v) is 15.2. The molecule has 1 unspecified atom stereocenters. The summed E-state index contributed by atoms with van der Waals surface area (Å²) in [5, 5.41) is 2.39. The van der Waals surface area contributed by atoms with Crippen LogP contribution in [0.3, 0.4) is 0 Å². The molecule has 3 aromatic carbocycles. The van der Waals surface area contributed by atoms with Crippen LogP contribution in [0.1, 0.15) is 18.0 Å². The van der Waals surface area contributed by atoms with Gasteiger partial charge in [0.2, 0.25) is 0 Å². The van der Waals surface area contributed by atoms with Crippen LogP contribution in [-0.2, 0) is 0 Å². The molecule has 1 radical (unpaired) electrons. The minimum atomic E-state index is 0.369. The van der Waals surface area contributed by atoms with Crippen LogP contribution in [0.15, 0.2) is 72.8 Å². The fourth-order valence-corrected chi connectivity index (χ4v) is 3.35. The third-order valence-electron chi connectivity index (χ3n) is 5.00. The van der Waals surface area contributed by atoms with E-state index >= 15 is 0 Å². The van der Waals surface area contributed by atoms with Gasteiger partial charge in [0.15, 0.2) is 0 Å². The lowest BCUT2D eigenvalue weighted by Crippen LogP contribution is -2.43. The van der Waals surface area contributed by atoms with Crippen LogP contribution in [-0.4, -0.2) is 31.7 Å². The number of hydrogen-bond acceptors (Lipinski definition) is 1. The zero-order chi connectivity index (χ0) is 17.7. The standard InChI is InChI=1S/C23H27NO/c1-4-24(2,3)22(20-12-6-5-7-13-20)17-18-25-23-16-10-14-19-11-8-9-15-21(19)23/h5-16,22H,1,4,17-18H2,2-3H3/q+1. The van der Waals surface area contributed by atoms with E-state index in [2.05, 4.69) is 93.8 Å². The highest BCUT2D eigenvalue weighted by molar-refractivity contribution is 5.88. The maximum absolute atomic E-state index is 6.18. The van der Waals surface area contributed by atoms with Gasteiger partial charge in [-0.1, -0.05) is 66.7 Å². The maximum atomic E-state index is 6.18. The van der Waals surface area contributed by atoms with E-state index < -0.39 is 0 Å². The molecular weight excluding hydrogens is 306 g/mol. The molecule has 0 saturated carbocycles. The Balaban J connectivity index is 1.75. The van der Waals surface area contributed by atoms with Crippen molar-refractivity contribution in [3.63, 3.8) is 0 Å². The Bertz CT molecular complexity index is 805. The third-order valence-corrected chi connectivity index (χ3v) is 5.00. The lowest BCUT2D eigenvalue weighted by Gasteiger charge is -2.37. The summed E-state index contributed by atoms with van der Waals surface area (Å²) in [6, 6.07) is 25.7. The second-order valence-corrected chi connectivity index (χ2v) is 7.04. The Labute approximate surface area is 151 Å². The number of benzene rings is 3. The van der Waals surface area contributed by atoms with E-state index in [0.717, 1.165) is 23.2 Å². The van der Waals surface area contributed by atoms with Gasteiger partial charge >= 0.3 is 0 Å². The molecule has 0 amide bonds. The molecule has 3 rings (SSSR count). The lowest BCUT2D eigenvalue weighted by molar-refractivity contribution is -0.916. The Morgan fingerprint density at radius 1 is 0.880 bits per heavy atom. The van der Waals surface area contributed by atoms with Crippen LogP contribution in [0.2, 0.25) is 0 Å². The number of ether oxygens (including phenoxy) is 1. The first-order chi connectivity index (χ1) is 12.1. The molecule has 0 aromatic heterocycles. The van der Waals surface area contributed by atoms with Gasteiger partial charge in [0.05, 0.1) is 27.2 Å². The second-order valence-electron chi connectivity index (χ2n) is 7.04. The Kier molecular flexibility index (Phi) is 5.40. The van der Waals surface area contributed by atoms with Gasteiger partial charge in [-0.15, -0.1) is 0 Å². The minimum Gasteiger partial charge on any atom is -0.493 e. The largest absolute Gasteiger partial charge is 0.493 e.